The molecule has 0 radical (unpaired) electrons. The van der Waals surface area contributed by atoms with E-state index in [1.165, 1.54) is 16.7 Å². The molecule has 2 rings (SSSR count). The van der Waals surface area contributed by atoms with E-state index < -0.39 is 10.2 Å². The average molecular weight is 299 g/mol. The third kappa shape index (κ3) is 5.64. The highest BCUT2D eigenvalue weighted by atomic mass is 35.7. The van der Waals surface area contributed by atoms with Crippen LogP contribution in [0.4, 0.5) is 0 Å². The fourth-order valence-corrected chi connectivity index (χ4v) is 1.77. The highest BCUT2D eigenvalue weighted by molar-refractivity contribution is 5.67. The lowest BCUT2D eigenvalue weighted by molar-refractivity contribution is -2.00. The van der Waals surface area contributed by atoms with Gasteiger partial charge in [-0.3, -0.25) is 0 Å². The monoisotopic (exact) mass is 298 g/mol. The molecule has 0 saturated heterocycles. The number of hydrogen-bond acceptors (Lipinski definition) is 4. The van der Waals surface area contributed by atoms with Gasteiger partial charge in [0, 0.05) is 11.6 Å². The first-order valence-electron chi connectivity index (χ1n) is 5.76. The summed E-state index contributed by atoms with van der Waals surface area (Å²) in [7, 11) is -4.94. The summed E-state index contributed by atoms with van der Waals surface area (Å²) in [5.74, 6) is 1.95. The maximum atomic E-state index is 8.49. The van der Waals surface area contributed by atoms with Crippen LogP contribution in [-0.2, 0) is 0 Å². The van der Waals surface area contributed by atoms with Crippen LogP contribution >= 0.6 is 0 Å². The Hall–Kier alpha value is -1.50. The minimum absolute atomic E-state index is 0.956. The highest BCUT2D eigenvalue weighted by Crippen LogP contribution is 2.26. The fraction of sp³-hybridized carbons (Fsp3) is 0.214. The standard InChI is InChI=1S/C14H15O.ClHO4/c1-10-9-14(11(2)12(3)15-10)13-7-5-4-6-8-13;2-1(3,4)5/h4-9H,1-3H3;(H,2,3,4,5)/q+1;/p-1. The summed E-state index contributed by atoms with van der Waals surface area (Å²) >= 11 is 0. The zero-order valence-corrected chi connectivity index (χ0v) is 12.1. The number of aryl methyl sites for hydroxylation is 2. The Labute approximate surface area is 119 Å². The molecule has 6 heteroatoms. The van der Waals surface area contributed by atoms with Crippen molar-refractivity contribution in [1.29, 1.82) is 0 Å². The van der Waals surface area contributed by atoms with E-state index in [-0.39, 0.29) is 0 Å². The molecule has 0 bridgehead atoms. The Morgan fingerprint density at radius 1 is 0.900 bits per heavy atom. The Kier molecular flexibility index (Phi) is 5.62. The summed E-state index contributed by atoms with van der Waals surface area (Å²) in [6.07, 6.45) is 0. The first-order valence-corrected chi connectivity index (χ1v) is 7.00. The first kappa shape index (κ1) is 16.6. The van der Waals surface area contributed by atoms with Gasteiger partial charge in [0.05, 0.1) is 19.4 Å². The van der Waals surface area contributed by atoms with Gasteiger partial charge in [-0.05, 0) is 12.5 Å². The topological polar surface area (TPSA) is 104 Å². The normalized spacial score (nSPS) is 10.8. The molecule has 2 aromatic rings. The summed E-state index contributed by atoms with van der Waals surface area (Å²) in [5, 5.41) is 0. The van der Waals surface area contributed by atoms with E-state index >= 15 is 0 Å². The van der Waals surface area contributed by atoms with Crippen LogP contribution < -0.4 is 18.6 Å². The number of benzene rings is 1. The third-order valence-electron chi connectivity index (χ3n) is 2.68. The van der Waals surface area contributed by atoms with Crippen molar-refractivity contribution in [3.63, 3.8) is 0 Å². The summed E-state index contributed by atoms with van der Waals surface area (Å²) in [6, 6.07) is 12.5. The zero-order chi connectivity index (χ0) is 15.3. The van der Waals surface area contributed by atoms with Gasteiger partial charge in [0.2, 0.25) is 0 Å². The maximum absolute atomic E-state index is 8.49. The molecule has 0 aliphatic carbocycles. The van der Waals surface area contributed by atoms with Gasteiger partial charge in [0.1, 0.15) is 0 Å². The van der Waals surface area contributed by atoms with Crippen molar-refractivity contribution in [2.24, 2.45) is 0 Å². The average Bonchev–Trinajstić information content (AvgIpc) is 2.33. The molecule has 0 N–H and O–H groups in total. The predicted octanol–water partition coefficient (Wildman–Crippen LogP) is -0.603. The Bertz CT molecular complexity index is 558. The summed E-state index contributed by atoms with van der Waals surface area (Å²) in [6.45, 7) is 6.09. The molecule has 0 amide bonds. The minimum atomic E-state index is -4.94. The van der Waals surface area contributed by atoms with E-state index in [0.29, 0.717) is 0 Å². The molecule has 1 heterocycles. The van der Waals surface area contributed by atoms with Crippen LogP contribution in [0.1, 0.15) is 17.1 Å². The molecule has 20 heavy (non-hydrogen) atoms. The third-order valence-corrected chi connectivity index (χ3v) is 2.68. The molecule has 0 fully saturated rings. The molecule has 0 aliphatic rings. The van der Waals surface area contributed by atoms with E-state index in [0.717, 1.165) is 11.5 Å². The smallest absolute Gasteiger partial charge is 0.222 e. The quantitative estimate of drug-likeness (QED) is 0.654. The molecule has 0 unspecified atom stereocenters. The van der Waals surface area contributed by atoms with Gasteiger partial charge < -0.3 is 0 Å². The van der Waals surface area contributed by atoms with E-state index in [4.69, 9.17) is 23.1 Å². The molecule has 0 aliphatic heterocycles. The van der Waals surface area contributed by atoms with Crippen molar-refractivity contribution in [1.82, 2.24) is 0 Å². The van der Waals surface area contributed by atoms with Crippen LogP contribution in [0.15, 0.2) is 40.8 Å². The largest absolute Gasteiger partial charge is 0.329 e. The predicted molar refractivity (Wildman–Crippen MR) is 62.8 cm³/mol. The molecule has 5 nitrogen and oxygen atoms in total. The van der Waals surface area contributed by atoms with Crippen LogP contribution in [0, 0.1) is 31.0 Å². The van der Waals surface area contributed by atoms with Crippen LogP contribution in [0.2, 0.25) is 0 Å². The lowest BCUT2D eigenvalue weighted by Crippen LogP contribution is -2.68. The van der Waals surface area contributed by atoms with Crippen molar-refractivity contribution < 1.29 is 33.3 Å². The number of halogens is 1. The van der Waals surface area contributed by atoms with Crippen molar-refractivity contribution >= 4 is 0 Å². The number of hydrogen-bond donors (Lipinski definition) is 0. The van der Waals surface area contributed by atoms with Gasteiger partial charge in [0.15, 0.2) is 0 Å². The van der Waals surface area contributed by atoms with Crippen molar-refractivity contribution in [2.45, 2.75) is 20.8 Å². The van der Waals surface area contributed by atoms with Gasteiger partial charge in [-0.2, -0.15) is 0 Å². The number of rotatable bonds is 1. The Morgan fingerprint density at radius 3 is 1.90 bits per heavy atom. The SMILES string of the molecule is Cc1cc(-c2ccccc2)c(C)c(C)[o+]1.[O-][Cl+3]([O-])([O-])[O-]. The lowest BCUT2D eigenvalue weighted by Gasteiger charge is -2.17. The van der Waals surface area contributed by atoms with Crippen molar-refractivity contribution in [2.75, 3.05) is 0 Å². The minimum Gasteiger partial charge on any atom is -0.222 e. The van der Waals surface area contributed by atoms with Crippen LogP contribution in [0.5, 0.6) is 0 Å². The lowest BCUT2D eigenvalue weighted by atomic mass is 10.0. The summed E-state index contributed by atoms with van der Waals surface area (Å²) < 4.78 is 39.5. The maximum Gasteiger partial charge on any atom is 0.329 e. The van der Waals surface area contributed by atoms with Crippen molar-refractivity contribution in [3.8, 4) is 11.1 Å². The van der Waals surface area contributed by atoms with Gasteiger partial charge in [-0.1, -0.05) is 30.3 Å². The zero-order valence-electron chi connectivity index (χ0n) is 11.4. The molecular weight excluding hydrogens is 284 g/mol. The first-order chi connectivity index (χ1) is 9.18. The molecule has 108 valence electrons. The fourth-order valence-electron chi connectivity index (χ4n) is 1.77. The molecule has 1 aromatic carbocycles. The van der Waals surface area contributed by atoms with Crippen molar-refractivity contribution in [3.05, 3.63) is 53.5 Å². The molecular formula is C14H15ClO5. The van der Waals surface area contributed by atoms with Crippen LogP contribution in [0.3, 0.4) is 0 Å². The van der Waals surface area contributed by atoms with Gasteiger partial charge in [0.25, 0.3) is 0 Å². The second-order valence-corrected chi connectivity index (χ2v) is 4.95. The van der Waals surface area contributed by atoms with E-state index in [9.17, 15) is 0 Å². The van der Waals surface area contributed by atoms with E-state index in [2.05, 4.69) is 37.3 Å². The summed E-state index contributed by atoms with van der Waals surface area (Å²) in [4.78, 5) is 0. The van der Waals surface area contributed by atoms with Crippen LogP contribution in [0.25, 0.3) is 11.1 Å². The Morgan fingerprint density at radius 2 is 1.40 bits per heavy atom. The van der Waals surface area contributed by atoms with E-state index in [1.807, 2.05) is 19.9 Å². The van der Waals surface area contributed by atoms with Gasteiger partial charge in [-0.25, -0.2) is 23.1 Å². The molecule has 0 atom stereocenters. The second kappa shape index (κ2) is 6.78. The van der Waals surface area contributed by atoms with Gasteiger partial charge in [-0.15, -0.1) is 10.2 Å². The highest BCUT2D eigenvalue weighted by Gasteiger charge is 2.15. The van der Waals surface area contributed by atoms with Crippen LogP contribution in [-0.4, -0.2) is 0 Å². The molecule has 0 saturated carbocycles. The molecule has 0 spiro atoms. The van der Waals surface area contributed by atoms with Gasteiger partial charge >= 0.3 is 11.5 Å². The summed E-state index contributed by atoms with van der Waals surface area (Å²) in [5.41, 5.74) is 3.72. The second-order valence-electron chi connectivity index (χ2n) is 4.20. The van der Waals surface area contributed by atoms with E-state index in [1.54, 1.807) is 0 Å². The molecule has 1 aromatic heterocycles. The Balaban J connectivity index is 0.000000347.